The Morgan fingerprint density at radius 3 is 2.35 bits per heavy atom. The molecule has 0 unspecified atom stereocenters. The summed E-state index contributed by atoms with van der Waals surface area (Å²) < 4.78 is 0. The number of carbonyl (C=O) groups is 2. The van der Waals surface area contributed by atoms with E-state index in [0.717, 1.165) is 16.2 Å². The number of nitrogens with zero attached hydrogens (tertiary/aromatic N) is 3. The van der Waals surface area contributed by atoms with Gasteiger partial charge < -0.3 is 9.80 Å². The monoisotopic (exact) mass is 391 g/mol. The predicted octanol–water partition coefficient (Wildman–Crippen LogP) is 3.02. The minimum atomic E-state index is -0.501. The maximum absolute atomic E-state index is 12.4. The molecule has 0 aromatic carbocycles. The summed E-state index contributed by atoms with van der Waals surface area (Å²) in [4.78, 5) is 40.8. The van der Waals surface area contributed by atoms with E-state index in [1.165, 1.54) is 17.0 Å². The molecule has 3 heterocycles. The first-order valence-electron chi connectivity index (χ1n) is 8.01. The van der Waals surface area contributed by atoms with E-state index >= 15 is 0 Å². The Morgan fingerprint density at radius 2 is 1.77 bits per heavy atom. The average molecular weight is 391 g/mol. The normalized spacial score (nSPS) is 14.8. The molecule has 0 spiro atoms. The van der Waals surface area contributed by atoms with Gasteiger partial charge in [0, 0.05) is 48.1 Å². The molecule has 0 saturated carbocycles. The van der Waals surface area contributed by atoms with Crippen LogP contribution < -0.4 is 0 Å². The van der Waals surface area contributed by atoms with Gasteiger partial charge in [0.15, 0.2) is 0 Å². The molecule has 0 N–H and O–H groups in total. The van der Waals surface area contributed by atoms with Crippen LogP contribution in [-0.4, -0.2) is 52.7 Å². The van der Waals surface area contributed by atoms with Gasteiger partial charge in [-0.3, -0.25) is 19.7 Å². The number of rotatable bonds is 4. The molecule has 0 atom stereocenters. The van der Waals surface area contributed by atoms with Gasteiger partial charge in [-0.15, -0.1) is 11.3 Å². The highest BCUT2D eigenvalue weighted by Crippen LogP contribution is 2.25. The van der Waals surface area contributed by atoms with E-state index in [1.807, 2.05) is 25.1 Å². The van der Waals surface area contributed by atoms with Gasteiger partial charge in [0.25, 0.3) is 5.91 Å². The summed E-state index contributed by atoms with van der Waals surface area (Å²) >= 11 is 2.50. The Hall–Kier alpha value is -2.52. The molecule has 1 aliphatic heterocycles. The second-order valence-corrected chi connectivity index (χ2v) is 8.18. The first kappa shape index (κ1) is 18.3. The molecular formula is C17H17N3O4S2. The lowest BCUT2D eigenvalue weighted by Crippen LogP contribution is -2.50. The molecular weight excluding hydrogens is 374 g/mol. The molecule has 2 aromatic rings. The SMILES string of the molecule is Cc1ccc(C=CC(=O)N2CCN(C(=O)c3ccc([N+](=O)[O-])s3)CC2)s1. The van der Waals surface area contributed by atoms with Crippen molar-refractivity contribution in [1.82, 2.24) is 9.80 Å². The van der Waals surface area contributed by atoms with Gasteiger partial charge in [-0.2, -0.15) is 0 Å². The van der Waals surface area contributed by atoms with Gasteiger partial charge >= 0.3 is 5.00 Å². The first-order chi connectivity index (χ1) is 12.4. The lowest BCUT2D eigenvalue weighted by atomic mass is 10.2. The van der Waals surface area contributed by atoms with E-state index in [0.29, 0.717) is 31.1 Å². The van der Waals surface area contributed by atoms with Crippen molar-refractivity contribution in [3.8, 4) is 0 Å². The highest BCUT2D eigenvalue weighted by atomic mass is 32.1. The number of hydrogen-bond acceptors (Lipinski definition) is 6. The maximum atomic E-state index is 12.4. The summed E-state index contributed by atoms with van der Waals surface area (Å²) in [6.07, 6.45) is 3.37. The molecule has 1 aliphatic rings. The second kappa shape index (κ2) is 7.79. The largest absolute Gasteiger partial charge is 0.336 e. The Labute approximate surface area is 158 Å². The number of hydrogen-bond donors (Lipinski definition) is 0. The molecule has 26 heavy (non-hydrogen) atoms. The van der Waals surface area contributed by atoms with Crippen LogP contribution in [0.15, 0.2) is 30.3 Å². The van der Waals surface area contributed by atoms with Crippen molar-refractivity contribution in [2.45, 2.75) is 6.92 Å². The van der Waals surface area contributed by atoms with Gasteiger partial charge in [-0.1, -0.05) is 11.3 Å². The van der Waals surface area contributed by atoms with E-state index in [2.05, 4.69) is 0 Å². The fourth-order valence-electron chi connectivity index (χ4n) is 2.63. The summed E-state index contributed by atoms with van der Waals surface area (Å²) in [6.45, 7) is 3.75. The van der Waals surface area contributed by atoms with Crippen LogP contribution >= 0.6 is 22.7 Å². The third kappa shape index (κ3) is 4.17. The second-order valence-electron chi connectivity index (χ2n) is 5.79. The van der Waals surface area contributed by atoms with Crippen molar-refractivity contribution in [2.24, 2.45) is 0 Å². The molecule has 1 fully saturated rings. The van der Waals surface area contributed by atoms with Crippen LogP contribution in [0.5, 0.6) is 0 Å². The van der Waals surface area contributed by atoms with Gasteiger partial charge in [-0.05, 0) is 31.2 Å². The molecule has 0 aliphatic carbocycles. The number of thiophene rings is 2. The van der Waals surface area contributed by atoms with Gasteiger partial charge in [0.05, 0.1) is 9.80 Å². The molecule has 7 nitrogen and oxygen atoms in total. The first-order valence-corrected chi connectivity index (χ1v) is 9.64. The number of aryl methyl sites for hydroxylation is 1. The van der Waals surface area contributed by atoms with Crippen molar-refractivity contribution in [1.29, 1.82) is 0 Å². The molecule has 0 bridgehead atoms. The predicted molar refractivity (Wildman–Crippen MR) is 102 cm³/mol. The van der Waals surface area contributed by atoms with Crippen LogP contribution in [0, 0.1) is 17.0 Å². The molecule has 2 amide bonds. The summed E-state index contributed by atoms with van der Waals surface area (Å²) in [5.41, 5.74) is 0. The smallest absolute Gasteiger partial charge is 0.324 e. The van der Waals surface area contributed by atoms with E-state index in [-0.39, 0.29) is 16.8 Å². The number of nitro groups is 1. The fraction of sp³-hybridized carbons (Fsp3) is 0.294. The zero-order valence-corrected chi connectivity index (χ0v) is 15.7. The van der Waals surface area contributed by atoms with Gasteiger partial charge in [-0.25, -0.2) is 0 Å². The van der Waals surface area contributed by atoms with Crippen LogP contribution in [0.4, 0.5) is 5.00 Å². The third-order valence-corrected chi connectivity index (χ3v) is 6.00. The standard InChI is InChI=1S/C17H17N3O4S2/c1-12-2-3-13(25-12)4-6-15(21)18-8-10-19(11-9-18)17(22)14-5-7-16(26-14)20(23)24/h2-7H,8-11H2,1H3. The number of piperazine rings is 1. The molecule has 2 aromatic heterocycles. The molecule has 9 heteroatoms. The Morgan fingerprint density at radius 1 is 1.08 bits per heavy atom. The quantitative estimate of drug-likeness (QED) is 0.456. The number of amides is 2. The summed E-state index contributed by atoms with van der Waals surface area (Å²) in [6, 6.07) is 6.80. The summed E-state index contributed by atoms with van der Waals surface area (Å²) in [5.74, 6) is -0.297. The van der Waals surface area contributed by atoms with Crippen LogP contribution in [0.2, 0.25) is 0 Å². The molecule has 1 saturated heterocycles. The van der Waals surface area contributed by atoms with Crippen molar-refractivity contribution in [2.75, 3.05) is 26.2 Å². The van der Waals surface area contributed by atoms with Crippen LogP contribution in [0.1, 0.15) is 19.4 Å². The lowest BCUT2D eigenvalue weighted by molar-refractivity contribution is -0.380. The average Bonchev–Trinajstić information content (AvgIpc) is 3.28. The molecule has 3 rings (SSSR count). The van der Waals surface area contributed by atoms with Crippen molar-refractivity contribution in [3.63, 3.8) is 0 Å². The van der Waals surface area contributed by atoms with Crippen molar-refractivity contribution < 1.29 is 14.5 Å². The zero-order chi connectivity index (χ0) is 18.7. The van der Waals surface area contributed by atoms with Crippen LogP contribution in [0.3, 0.4) is 0 Å². The van der Waals surface area contributed by atoms with E-state index in [1.54, 1.807) is 27.2 Å². The fourth-order valence-corrected chi connectivity index (χ4v) is 4.20. The van der Waals surface area contributed by atoms with E-state index < -0.39 is 4.92 Å². The Balaban J connectivity index is 1.54. The minimum Gasteiger partial charge on any atom is -0.336 e. The van der Waals surface area contributed by atoms with Crippen molar-refractivity contribution >= 4 is 45.6 Å². The lowest BCUT2D eigenvalue weighted by Gasteiger charge is -2.34. The topological polar surface area (TPSA) is 83.8 Å². The summed E-state index contributed by atoms with van der Waals surface area (Å²) in [7, 11) is 0. The van der Waals surface area contributed by atoms with Crippen LogP contribution in [0.25, 0.3) is 6.08 Å². The van der Waals surface area contributed by atoms with Crippen molar-refractivity contribution in [3.05, 3.63) is 55.1 Å². The molecule has 136 valence electrons. The zero-order valence-electron chi connectivity index (χ0n) is 14.1. The highest BCUT2D eigenvalue weighted by Gasteiger charge is 2.26. The van der Waals surface area contributed by atoms with Crippen LogP contribution in [-0.2, 0) is 4.79 Å². The van der Waals surface area contributed by atoms with Gasteiger partial charge in [0.1, 0.15) is 0 Å². The van der Waals surface area contributed by atoms with Gasteiger partial charge in [0.2, 0.25) is 5.91 Å². The van der Waals surface area contributed by atoms with E-state index in [4.69, 9.17) is 0 Å². The third-order valence-electron chi connectivity index (χ3n) is 4.01. The Kier molecular flexibility index (Phi) is 5.48. The van der Waals surface area contributed by atoms with E-state index in [9.17, 15) is 19.7 Å². The maximum Gasteiger partial charge on any atom is 0.324 e. The number of carbonyl (C=O) groups excluding carboxylic acids is 2. The summed E-state index contributed by atoms with van der Waals surface area (Å²) in [5, 5.41) is 10.7. The Bertz CT molecular complexity index is 863. The minimum absolute atomic E-state index is 0.0453. The molecule has 0 radical (unpaired) electrons. The highest BCUT2D eigenvalue weighted by molar-refractivity contribution is 7.17.